The summed E-state index contributed by atoms with van der Waals surface area (Å²) < 4.78 is 0. The predicted octanol–water partition coefficient (Wildman–Crippen LogP) is 5.57. The van der Waals surface area contributed by atoms with Gasteiger partial charge in [0.15, 0.2) is 7.38 Å². The van der Waals surface area contributed by atoms with Crippen molar-refractivity contribution in [2.24, 2.45) is 0 Å². The van der Waals surface area contributed by atoms with Gasteiger partial charge in [-0.05, 0) is 34.7 Å². The lowest BCUT2D eigenvalue weighted by atomic mass is 9.95. The van der Waals surface area contributed by atoms with Crippen LogP contribution in [0, 0.1) is 0 Å². The largest absolute Gasteiger partial charge is 0.195 e. The van der Waals surface area contributed by atoms with Crippen molar-refractivity contribution in [3.63, 3.8) is 0 Å². The summed E-state index contributed by atoms with van der Waals surface area (Å²) in [6, 6.07) is 17.4. The minimum Gasteiger partial charge on any atom is -0.160 e. The third-order valence-electron chi connectivity index (χ3n) is 4.81. The Kier molecular flexibility index (Phi) is 4.05. The second-order valence-corrected chi connectivity index (χ2v) is 12.4. The van der Waals surface area contributed by atoms with Crippen molar-refractivity contribution in [1.82, 2.24) is 0 Å². The number of hydrogen-bond acceptors (Lipinski definition) is 0. The molecule has 0 radical (unpaired) electrons. The molecule has 0 aromatic heterocycles. The average molecular weight is 327 g/mol. The van der Waals surface area contributed by atoms with E-state index in [0.717, 1.165) is 0 Å². The molecule has 0 heterocycles. The fraction of sp³-hybridized carbons (Fsp3) is 0.300. The summed E-state index contributed by atoms with van der Waals surface area (Å²) in [5.74, 6) is 0.540. The molecule has 0 spiro atoms. The lowest BCUT2D eigenvalue weighted by Crippen LogP contribution is -2.45. The van der Waals surface area contributed by atoms with Gasteiger partial charge in [-0.25, -0.2) is 0 Å². The van der Waals surface area contributed by atoms with Crippen molar-refractivity contribution >= 4 is 29.7 Å². The topological polar surface area (TPSA) is 0 Å². The first-order valence-electron chi connectivity index (χ1n) is 7.98. The maximum Gasteiger partial charge on any atom is 0.195 e. The van der Waals surface area contributed by atoms with Gasteiger partial charge in [0.25, 0.3) is 0 Å². The predicted molar refractivity (Wildman–Crippen MR) is 100 cm³/mol. The first-order valence-corrected chi connectivity index (χ1v) is 11.6. The molecule has 1 aliphatic carbocycles. The molecule has 0 bridgehead atoms. The smallest absolute Gasteiger partial charge is 0.160 e. The van der Waals surface area contributed by atoms with Gasteiger partial charge >= 0.3 is 0 Å². The van der Waals surface area contributed by atoms with Crippen LogP contribution in [0.4, 0.5) is 0 Å². The second kappa shape index (κ2) is 5.71. The SMILES string of the molecule is CC1=Cc2c(C(C)C)cccc2C1[Si](C)(Cl)c1ccccc1. The highest BCUT2D eigenvalue weighted by Crippen LogP contribution is 2.45. The highest BCUT2D eigenvalue weighted by Gasteiger charge is 2.42. The van der Waals surface area contributed by atoms with Crippen LogP contribution in [0.25, 0.3) is 6.08 Å². The molecule has 22 heavy (non-hydrogen) atoms. The minimum atomic E-state index is -2.11. The van der Waals surface area contributed by atoms with Gasteiger partial charge in [0, 0.05) is 5.54 Å². The van der Waals surface area contributed by atoms with Crippen LogP contribution in [0.1, 0.15) is 48.9 Å². The van der Waals surface area contributed by atoms with Crippen LogP contribution in [-0.2, 0) is 0 Å². The Balaban J connectivity index is 2.13. The molecule has 2 atom stereocenters. The first-order chi connectivity index (χ1) is 10.4. The Morgan fingerprint density at radius 1 is 1.00 bits per heavy atom. The molecule has 2 aromatic rings. The molecule has 3 rings (SSSR count). The van der Waals surface area contributed by atoms with Crippen LogP contribution in [0.15, 0.2) is 54.1 Å². The van der Waals surface area contributed by atoms with Crippen molar-refractivity contribution in [3.8, 4) is 0 Å². The number of benzene rings is 2. The molecular weight excluding hydrogens is 304 g/mol. The molecule has 114 valence electrons. The number of allylic oxidation sites excluding steroid dienone is 1. The van der Waals surface area contributed by atoms with Crippen LogP contribution in [0.5, 0.6) is 0 Å². The van der Waals surface area contributed by atoms with Gasteiger partial charge in [0.2, 0.25) is 0 Å². The highest BCUT2D eigenvalue weighted by molar-refractivity contribution is 7.27. The van der Waals surface area contributed by atoms with E-state index in [1.165, 1.54) is 27.5 Å². The zero-order valence-corrected chi connectivity index (χ0v) is 15.5. The second-order valence-electron chi connectivity index (χ2n) is 6.77. The summed E-state index contributed by atoms with van der Waals surface area (Å²) in [6.07, 6.45) is 2.37. The lowest BCUT2D eigenvalue weighted by molar-refractivity contribution is 0.861. The van der Waals surface area contributed by atoms with Gasteiger partial charge in [0.05, 0.1) is 0 Å². The summed E-state index contributed by atoms with van der Waals surface area (Å²) >= 11 is 7.22. The van der Waals surface area contributed by atoms with E-state index >= 15 is 0 Å². The van der Waals surface area contributed by atoms with E-state index in [1.807, 2.05) is 0 Å². The van der Waals surface area contributed by atoms with Crippen LogP contribution in [0.3, 0.4) is 0 Å². The maximum atomic E-state index is 7.22. The molecule has 2 unspecified atom stereocenters. The summed E-state index contributed by atoms with van der Waals surface area (Å²) in [5.41, 5.74) is 6.06. The van der Waals surface area contributed by atoms with Crippen molar-refractivity contribution < 1.29 is 0 Å². The zero-order chi connectivity index (χ0) is 15.9. The van der Waals surface area contributed by atoms with Crippen LogP contribution in [0.2, 0.25) is 6.55 Å². The summed E-state index contributed by atoms with van der Waals surface area (Å²) in [7, 11) is -2.11. The van der Waals surface area contributed by atoms with Gasteiger partial charge < -0.3 is 0 Å². The van der Waals surface area contributed by atoms with Crippen molar-refractivity contribution in [2.45, 2.75) is 38.8 Å². The Hall–Kier alpha value is -1.31. The highest BCUT2D eigenvalue weighted by atomic mass is 35.6. The Morgan fingerprint density at radius 2 is 1.68 bits per heavy atom. The van der Waals surface area contributed by atoms with Crippen molar-refractivity contribution in [2.75, 3.05) is 0 Å². The van der Waals surface area contributed by atoms with E-state index in [0.29, 0.717) is 11.5 Å². The third-order valence-corrected chi connectivity index (χ3v) is 9.44. The summed E-state index contributed by atoms with van der Waals surface area (Å²) in [6.45, 7) is 9.05. The molecule has 0 nitrogen and oxygen atoms in total. The first kappa shape index (κ1) is 15.6. The average Bonchev–Trinajstić information content (AvgIpc) is 2.84. The Bertz CT molecular complexity index is 714. The number of hydrogen-bond donors (Lipinski definition) is 0. The number of rotatable bonds is 3. The van der Waals surface area contributed by atoms with Gasteiger partial charge in [-0.3, -0.25) is 0 Å². The molecule has 0 aliphatic heterocycles. The standard InChI is InChI=1S/C20H23ClSi/c1-14(2)17-11-8-12-18-19(17)13-15(3)20(18)22(4,21)16-9-6-5-7-10-16/h5-14,20H,1-4H3. The molecule has 2 heteroatoms. The summed E-state index contributed by atoms with van der Waals surface area (Å²) in [4.78, 5) is 0. The fourth-order valence-corrected chi connectivity index (χ4v) is 7.93. The van der Waals surface area contributed by atoms with Gasteiger partial charge in [0.1, 0.15) is 0 Å². The van der Waals surface area contributed by atoms with Gasteiger partial charge in [-0.15, -0.1) is 0 Å². The van der Waals surface area contributed by atoms with E-state index in [4.69, 9.17) is 11.1 Å². The number of halogens is 1. The van der Waals surface area contributed by atoms with E-state index in [9.17, 15) is 0 Å². The molecule has 0 fully saturated rings. The third kappa shape index (κ3) is 2.47. The van der Waals surface area contributed by atoms with E-state index in [2.05, 4.69) is 81.9 Å². The molecular formula is C20H23ClSi. The van der Waals surface area contributed by atoms with E-state index < -0.39 is 7.38 Å². The Morgan fingerprint density at radius 3 is 2.32 bits per heavy atom. The molecule has 0 saturated carbocycles. The lowest BCUT2D eigenvalue weighted by Gasteiger charge is -2.30. The Labute approximate surface area is 139 Å². The zero-order valence-electron chi connectivity index (χ0n) is 13.7. The van der Waals surface area contributed by atoms with Crippen LogP contribution in [-0.4, -0.2) is 7.38 Å². The quantitative estimate of drug-likeness (QED) is 0.511. The molecule has 1 aliphatic rings. The minimum absolute atomic E-state index is 0.366. The maximum absolute atomic E-state index is 7.22. The van der Waals surface area contributed by atoms with E-state index in [1.54, 1.807) is 0 Å². The van der Waals surface area contributed by atoms with Crippen LogP contribution >= 0.6 is 11.1 Å². The summed E-state index contributed by atoms with van der Waals surface area (Å²) in [5, 5.41) is 1.32. The monoisotopic (exact) mass is 326 g/mol. The number of fused-ring (bicyclic) bond motifs is 1. The van der Waals surface area contributed by atoms with Gasteiger partial charge in [-0.1, -0.05) is 80.6 Å². The normalized spacial score (nSPS) is 19.7. The molecule has 0 N–H and O–H groups in total. The van der Waals surface area contributed by atoms with E-state index in [-0.39, 0.29) is 0 Å². The fourth-order valence-electron chi connectivity index (χ4n) is 3.73. The molecule has 2 aromatic carbocycles. The van der Waals surface area contributed by atoms with Gasteiger partial charge in [-0.2, -0.15) is 11.1 Å². The van der Waals surface area contributed by atoms with Crippen molar-refractivity contribution in [1.29, 1.82) is 0 Å². The van der Waals surface area contributed by atoms with Crippen LogP contribution < -0.4 is 5.19 Å². The molecule has 0 amide bonds. The molecule has 0 saturated heterocycles. The van der Waals surface area contributed by atoms with Crippen molar-refractivity contribution in [3.05, 3.63) is 70.8 Å².